The summed E-state index contributed by atoms with van der Waals surface area (Å²) < 4.78 is 5.41. The lowest BCUT2D eigenvalue weighted by Crippen LogP contribution is -2.32. The molecule has 2 N–H and O–H groups in total. The number of halogens is 2. The normalized spacial score (nSPS) is 11.8. The number of benzene rings is 2. The van der Waals surface area contributed by atoms with Crippen molar-refractivity contribution < 1.29 is 14.3 Å². The molecule has 0 aliphatic rings. The van der Waals surface area contributed by atoms with Crippen LogP contribution < -0.4 is 5.32 Å². The first-order valence-electron chi connectivity index (χ1n) is 9.38. The first kappa shape index (κ1) is 21.9. The molecule has 30 heavy (non-hydrogen) atoms. The van der Waals surface area contributed by atoms with E-state index in [0.29, 0.717) is 27.7 Å². The number of nitrogens with one attached hydrogen (secondary N) is 2. The molecule has 1 aromatic heterocycles. The smallest absolute Gasteiger partial charge is 0.338 e. The van der Waals surface area contributed by atoms with Crippen LogP contribution in [0.2, 0.25) is 10.0 Å². The van der Waals surface area contributed by atoms with Crippen molar-refractivity contribution in [2.75, 3.05) is 5.32 Å². The van der Waals surface area contributed by atoms with E-state index in [1.54, 1.807) is 49.4 Å². The van der Waals surface area contributed by atoms with Crippen molar-refractivity contribution in [2.24, 2.45) is 0 Å². The van der Waals surface area contributed by atoms with E-state index in [0.717, 1.165) is 22.8 Å². The number of nitrogens with zero attached hydrogens (tertiary/aromatic N) is 1. The van der Waals surface area contributed by atoms with Gasteiger partial charge in [-0.05, 0) is 50.6 Å². The van der Waals surface area contributed by atoms with Crippen LogP contribution in [0.4, 0.5) is 5.69 Å². The Labute approximate surface area is 184 Å². The number of aromatic amines is 1. The Balaban J connectivity index is 1.67. The van der Waals surface area contributed by atoms with E-state index in [-0.39, 0.29) is 0 Å². The first-order valence-corrected chi connectivity index (χ1v) is 10.1. The number of carbonyl (C=O) groups is 2. The summed E-state index contributed by atoms with van der Waals surface area (Å²) in [7, 11) is 0. The minimum Gasteiger partial charge on any atom is -0.449 e. The highest BCUT2D eigenvalue weighted by atomic mass is 35.5. The second-order valence-electron chi connectivity index (χ2n) is 6.82. The Morgan fingerprint density at radius 3 is 2.27 bits per heavy atom. The predicted octanol–water partition coefficient (Wildman–Crippen LogP) is 5.57. The van der Waals surface area contributed by atoms with Gasteiger partial charge in [0.1, 0.15) is 5.82 Å². The van der Waals surface area contributed by atoms with E-state index < -0.39 is 18.0 Å². The van der Waals surface area contributed by atoms with E-state index in [9.17, 15) is 9.59 Å². The molecule has 1 atom stereocenters. The maximum Gasteiger partial charge on any atom is 0.338 e. The van der Waals surface area contributed by atoms with Gasteiger partial charge in [-0.25, -0.2) is 9.78 Å². The van der Waals surface area contributed by atoms with Crippen LogP contribution in [0.5, 0.6) is 0 Å². The van der Waals surface area contributed by atoms with Crippen LogP contribution in [0.15, 0.2) is 42.5 Å². The number of carbonyl (C=O) groups excluding carboxylic acids is 2. The van der Waals surface area contributed by atoms with Crippen LogP contribution in [-0.2, 0) is 9.53 Å². The van der Waals surface area contributed by atoms with E-state index in [2.05, 4.69) is 15.3 Å². The maximum atomic E-state index is 12.5. The third-order valence-corrected chi connectivity index (χ3v) is 5.00. The molecule has 0 saturated heterocycles. The van der Waals surface area contributed by atoms with Crippen molar-refractivity contribution in [1.29, 1.82) is 0 Å². The summed E-state index contributed by atoms with van der Waals surface area (Å²) in [5, 5.41) is 3.46. The molecule has 156 valence electrons. The van der Waals surface area contributed by atoms with Crippen LogP contribution in [-0.4, -0.2) is 27.9 Å². The fourth-order valence-corrected chi connectivity index (χ4v) is 3.34. The molecule has 0 bridgehead atoms. The van der Waals surface area contributed by atoms with Gasteiger partial charge in [0.05, 0.1) is 11.3 Å². The summed E-state index contributed by atoms with van der Waals surface area (Å²) >= 11 is 11.9. The molecule has 0 radical (unpaired) electrons. The van der Waals surface area contributed by atoms with Gasteiger partial charge in [0, 0.05) is 27.0 Å². The fourth-order valence-electron chi connectivity index (χ4n) is 2.82. The number of rotatable bonds is 6. The molecule has 6 nitrogen and oxygen atoms in total. The van der Waals surface area contributed by atoms with Gasteiger partial charge in [0.2, 0.25) is 0 Å². The number of anilines is 1. The number of ether oxygens (including phenoxy) is 1. The van der Waals surface area contributed by atoms with Crippen molar-refractivity contribution in [3.63, 3.8) is 0 Å². The zero-order valence-electron chi connectivity index (χ0n) is 16.8. The Morgan fingerprint density at radius 1 is 1.10 bits per heavy atom. The highest BCUT2D eigenvalue weighted by Gasteiger charge is 2.22. The van der Waals surface area contributed by atoms with Crippen molar-refractivity contribution in [2.45, 2.75) is 33.3 Å². The van der Waals surface area contributed by atoms with Gasteiger partial charge >= 0.3 is 5.97 Å². The van der Waals surface area contributed by atoms with Crippen molar-refractivity contribution in [3.05, 3.63) is 69.5 Å². The topological polar surface area (TPSA) is 84.1 Å². The van der Waals surface area contributed by atoms with Gasteiger partial charge < -0.3 is 15.0 Å². The monoisotopic (exact) mass is 445 g/mol. The van der Waals surface area contributed by atoms with Crippen molar-refractivity contribution >= 4 is 40.8 Å². The number of aryl methyl sites for hydroxylation is 2. The number of imidazole rings is 1. The first-order chi connectivity index (χ1) is 14.3. The molecular weight excluding hydrogens is 425 g/mol. The summed E-state index contributed by atoms with van der Waals surface area (Å²) in [4.78, 5) is 32.7. The van der Waals surface area contributed by atoms with E-state index in [4.69, 9.17) is 27.9 Å². The lowest BCUT2D eigenvalue weighted by atomic mass is 10.1. The molecule has 0 spiro atoms. The Morgan fingerprint density at radius 2 is 1.73 bits per heavy atom. The number of hydrogen-bond donors (Lipinski definition) is 2. The number of aromatic nitrogens is 2. The number of esters is 1. The minimum atomic E-state index is -0.953. The summed E-state index contributed by atoms with van der Waals surface area (Å²) in [5.41, 5.74) is 3.54. The van der Waals surface area contributed by atoms with Crippen LogP contribution in [0, 0.1) is 13.8 Å². The quantitative estimate of drug-likeness (QED) is 0.485. The van der Waals surface area contributed by atoms with Crippen LogP contribution in [0.1, 0.15) is 35.1 Å². The van der Waals surface area contributed by atoms with Gasteiger partial charge in [-0.1, -0.05) is 42.3 Å². The predicted molar refractivity (Wildman–Crippen MR) is 118 cm³/mol. The Hall–Kier alpha value is -2.83. The van der Waals surface area contributed by atoms with Gasteiger partial charge in [-0.3, -0.25) is 4.79 Å². The zero-order valence-corrected chi connectivity index (χ0v) is 18.3. The lowest BCUT2D eigenvalue weighted by molar-refractivity contribution is -0.124. The average Bonchev–Trinajstić information content (AvgIpc) is 3.03. The number of amides is 1. The van der Waals surface area contributed by atoms with Crippen molar-refractivity contribution in [1.82, 2.24) is 9.97 Å². The standard InChI is InChI=1S/C22H21Cl2N3O3/c1-4-19(21(28)27-18-10-16(23)9-17(24)11-18)30-22(29)15-7-5-14(6-8-15)20-25-12(2)13(3)26-20/h5-11,19H,4H2,1-3H3,(H,25,26)(H,27,28). The largest absolute Gasteiger partial charge is 0.449 e. The Kier molecular flexibility index (Phi) is 6.80. The average molecular weight is 446 g/mol. The highest BCUT2D eigenvalue weighted by molar-refractivity contribution is 6.35. The molecular formula is C22H21Cl2N3O3. The SMILES string of the molecule is CCC(OC(=O)c1ccc(-c2nc(C)c(C)[nH]2)cc1)C(=O)Nc1cc(Cl)cc(Cl)c1. The Bertz CT molecular complexity index is 1040. The van der Waals surface area contributed by atoms with Crippen LogP contribution >= 0.6 is 23.2 Å². The molecule has 3 aromatic rings. The minimum absolute atomic E-state index is 0.314. The molecule has 0 aliphatic heterocycles. The molecule has 8 heteroatoms. The summed E-state index contributed by atoms with van der Waals surface area (Å²) in [6.07, 6.45) is -0.639. The zero-order chi connectivity index (χ0) is 21.8. The third kappa shape index (κ3) is 5.20. The second-order valence-corrected chi connectivity index (χ2v) is 7.70. The van der Waals surface area contributed by atoms with Crippen LogP contribution in [0.3, 0.4) is 0 Å². The summed E-state index contributed by atoms with van der Waals surface area (Å²) in [5.74, 6) is -0.308. The van der Waals surface area contributed by atoms with Gasteiger partial charge in [-0.2, -0.15) is 0 Å². The van der Waals surface area contributed by atoms with Gasteiger partial charge in [0.25, 0.3) is 5.91 Å². The molecule has 1 amide bonds. The maximum absolute atomic E-state index is 12.5. The van der Waals surface area contributed by atoms with Gasteiger partial charge in [-0.15, -0.1) is 0 Å². The van der Waals surface area contributed by atoms with Crippen LogP contribution in [0.25, 0.3) is 11.4 Å². The fraction of sp³-hybridized carbons (Fsp3) is 0.227. The molecule has 3 rings (SSSR count). The molecule has 0 fully saturated rings. The molecule has 0 saturated carbocycles. The summed E-state index contributed by atoms with van der Waals surface area (Å²) in [6.45, 7) is 5.63. The molecule has 1 unspecified atom stereocenters. The van der Waals surface area contributed by atoms with Gasteiger partial charge in [0.15, 0.2) is 6.10 Å². The molecule has 0 aliphatic carbocycles. The van der Waals surface area contributed by atoms with E-state index in [1.165, 1.54) is 0 Å². The second kappa shape index (κ2) is 9.32. The molecule has 1 heterocycles. The van der Waals surface area contributed by atoms with Crippen molar-refractivity contribution in [3.8, 4) is 11.4 Å². The third-order valence-electron chi connectivity index (χ3n) is 4.56. The highest BCUT2D eigenvalue weighted by Crippen LogP contribution is 2.23. The number of H-pyrrole nitrogens is 1. The lowest BCUT2D eigenvalue weighted by Gasteiger charge is -2.16. The number of hydrogen-bond acceptors (Lipinski definition) is 4. The molecule has 2 aromatic carbocycles. The summed E-state index contributed by atoms with van der Waals surface area (Å²) in [6, 6.07) is 11.5. The van der Waals surface area contributed by atoms with E-state index >= 15 is 0 Å². The van der Waals surface area contributed by atoms with E-state index in [1.807, 2.05) is 13.8 Å².